The van der Waals surface area contributed by atoms with E-state index >= 15 is 0 Å². The molecule has 0 bridgehead atoms. The Hall–Kier alpha value is -5.31. The number of hydrogen-bond acceptors (Lipinski definition) is 6. The predicted octanol–water partition coefficient (Wildman–Crippen LogP) is 8.50. The molecular formula is C39H31BN4O3. The standard InChI is InChI=1S/C39H31BN4O3/c1-38(2)39(3,4)47-40(46-38)30-21-13-19-28-27-18-12-20-29(33(27)45-34(28)30)36-41-35(24-14-6-5-7-15-24)42-37(43-36)44-31-22-10-8-16-25(31)26-17-9-11-23-32(26)44/h5-23H,1-4H3. The molecular weight excluding hydrogens is 583 g/mol. The summed E-state index contributed by atoms with van der Waals surface area (Å²) in [4.78, 5) is 15.3. The number of benzene rings is 5. The highest BCUT2D eigenvalue weighted by Crippen LogP contribution is 2.40. The maximum atomic E-state index is 6.77. The summed E-state index contributed by atoms with van der Waals surface area (Å²) < 4.78 is 21.8. The molecule has 5 aromatic carbocycles. The van der Waals surface area contributed by atoms with Crippen LogP contribution in [-0.2, 0) is 9.31 Å². The fraction of sp³-hybridized carbons (Fsp3) is 0.154. The first-order chi connectivity index (χ1) is 22.8. The Labute approximate surface area is 272 Å². The van der Waals surface area contributed by atoms with Crippen molar-refractivity contribution in [2.45, 2.75) is 38.9 Å². The van der Waals surface area contributed by atoms with E-state index in [1.165, 1.54) is 0 Å². The van der Waals surface area contributed by atoms with Gasteiger partial charge in [0.2, 0.25) is 5.95 Å². The molecule has 0 spiro atoms. The molecule has 0 amide bonds. The van der Waals surface area contributed by atoms with E-state index in [0.29, 0.717) is 23.2 Å². The average Bonchev–Trinajstić information content (AvgIpc) is 3.71. The lowest BCUT2D eigenvalue weighted by Gasteiger charge is -2.32. The quantitative estimate of drug-likeness (QED) is 0.185. The van der Waals surface area contributed by atoms with Crippen molar-refractivity contribution < 1.29 is 13.7 Å². The molecule has 0 unspecified atom stereocenters. The maximum Gasteiger partial charge on any atom is 0.498 e. The first-order valence-corrected chi connectivity index (χ1v) is 15.9. The number of aromatic nitrogens is 4. The Balaban J connectivity index is 1.29. The molecule has 1 aliphatic heterocycles. The highest BCUT2D eigenvalue weighted by Gasteiger charge is 2.52. The fourth-order valence-electron chi connectivity index (χ4n) is 6.61. The molecule has 3 aromatic heterocycles. The van der Waals surface area contributed by atoms with Crippen LogP contribution in [0.4, 0.5) is 0 Å². The van der Waals surface area contributed by atoms with Crippen molar-refractivity contribution in [2.24, 2.45) is 0 Å². The molecule has 0 aliphatic carbocycles. The van der Waals surface area contributed by atoms with Crippen LogP contribution in [0.5, 0.6) is 0 Å². The number of para-hydroxylation sites is 4. The Morgan fingerprint density at radius 3 is 1.77 bits per heavy atom. The van der Waals surface area contributed by atoms with Gasteiger partial charge in [0.25, 0.3) is 0 Å². The zero-order chi connectivity index (χ0) is 31.9. The van der Waals surface area contributed by atoms with Crippen molar-refractivity contribution >= 4 is 56.3 Å². The van der Waals surface area contributed by atoms with Gasteiger partial charge in [-0.15, -0.1) is 0 Å². The van der Waals surface area contributed by atoms with Gasteiger partial charge >= 0.3 is 7.12 Å². The molecule has 228 valence electrons. The lowest BCUT2D eigenvalue weighted by Crippen LogP contribution is -2.41. The molecule has 8 heteroatoms. The smallest absolute Gasteiger partial charge is 0.456 e. The first-order valence-electron chi connectivity index (χ1n) is 15.9. The van der Waals surface area contributed by atoms with Crippen molar-refractivity contribution in [3.8, 4) is 28.7 Å². The summed E-state index contributed by atoms with van der Waals surface area (Å²) in [5, 5.41) is 4.23. The second kappa shape index (κ2) is 10.1. The Bertz CT molecular complexity index is 2430. The molecule has 0 atom stereocenters. The van der Waals surface area contributed by atoms with Gasteiger partial charge < -0.3 is 13.7 Å². The van der Waals surface area contributed by atoms with Gasteiger partial charge in [0.05, 0.1) is 27.8 Å². The first kappa shape index (κ1) is 28.0. The van der Waals surface area contributed by atoms with Crippen LogP contribution in [0.1, 0.15) is 27.7 Å². The van der Waals surface area contributed by atoms with Crippen LogP contribution in [0, 0.1) is 0 Å². The van der Waals surface area contributed by atoms with Gasteiger partial charge in [-0.25, -0.2) is 4.98 Å². The normalized spacial score (nSPS) is 15.8. The van der Waals surface area contributed by atoms with Crippen LogP contribution >= 0.6 is 0 Å². The van der Waals surface area contributed by atoms with Gasteiger partial charge in [0, 0.05) is 32.6 Å². The molecule has 47 heavy (non-hydrogen) atoms. The van der Waals surface area contributed by atoms with Crippen molar-refractivity contribution in [3.63, 3.8) is 0 Å². The molecule has 0 N–H and O–H groups in total. The third kappa shape index (κ3) is 4.25. The number of nitrogens with zero attached hydrogens (tertiary/aromatic N) is 4. The van der Waals surface area contributed by atoms with Gasteiger partial charge in [0.15, 0.2) is 11.6 Å². The third-order valence-corrected chi connectivity index (χ3v) is 9.74. The minimum atomic E-state index is -0.559. The fourth-order valence-corrected chi connectivity index (χ4v) is 6.61. The van der Waals surface area contributed by atoms with Crippen LogP contribution in [0.25, 0.3) is 72.5 Å². The summed E-state index contributed by atoms with van der Waals surface area (Å²) >= 11 is 0. The van der Waals surface area contributed by atoms with Crippen LogP contribution < -0.4 is 5.46 Å². The second-order valence-electron chi connectivity index (χ2n) is 13.1. The summed E-state index contributed by atoms with van der Waals surface area (Å²) in [7, 11) is -0.559. The second-order valence-corrected chi connectivity index (χ2v) is 13.1. The zero-order valence-corrected chi connectivity index (χ0v) is 26.6. The summed E-state index contributed by atoms with van der Waals surface area (Å²) in [5.74, 6) is 1.65. The zero-order valence-electron chi connectivity index (χ0n) is 26.6. The van der Waals surface area contributed by atoms with E-state index in [9.17, 15) is 0 Å². The Morgan fingerprint density at radius 1 is 0.532 bits per heavy atom. The topological polar surface area (TPSA) is 75.2 Å². The number of furan rings is 1. The molecule has 9 rings (SSSR count). The van der Waals surface area contributed by atoms with Gasteiger partial charge in [-0.1, -0.05) is 97.1 Å². The van der Waals surface area contributed by atoms with E-state index in [0.717, 1.165) is 54.8 Å². The SMILES string of the molecule is CC1(C)OB(c2cccc3c2oc2c(-c4nc(-c5ccccc5)nc(-n5c6ccccc6c6ccccc65)n4)cccc23)OC1(C)C. The number of hydrogen-bond donors (Lipinski definition) is 0. The van der Waals surface area contributed by atoms with Crippen molar-refractivity contribution in [1.82, 2.24) is 19.5 Å². The number of rotatable bonds is 4. The Kier molecular flexibility index (Phi) is 6.01. The molecule has 1 saturated heterocycles. The van der Waals surface area contributed by atoms with Gasteiger partial charge in [-0.3, -0.25) is 4.57 Å². The maximum absolute atomic E-state index is 6.77. The summed E-state index contributed by atoms with van der Waals surface area (Å²) in [6.07, 6.45) is 0. The molecule has 0 radical (unpaired) electrons. The molecule has 8 aromatic rings. The van der Waals surface area contributed by atoms with E-state index in [2.05, 4.69) is 80.8 Å². The third-order valence-electron chi connectivity index (χ3n) is 9.74. The van der Waals surface area contributed by atoms with Gasteiger partial charge in [-0.2, -0.15) is 9.97 Å². The average molecular weight is 615 g/mol. The van der Waals surface area contributed by atoms with E-state index in [1.54, 1.807) is 0 Å². The molecule has 7 nitrogen and oxygen atoms in total. The van der Waals surface area contributed by atoms with Crippen LogP contribution in [0.15, 0.2) is 120 Å². The van der Waals surface area contributed by atoms with Crippen molar-refractivity contribution in [3.05, 3.63) is 115 Å². The predicted molar refractivity (Wildman–Crippen MR) is 188 cm³/mol. The van der Waals surface area contributed by atoms with Crippen molar-refractivity contribution in [2.75, 3.05) is 0 Å². The van der Waals surface area contributed by atoms with Crippen LogP contribution in [0.3, 0.4) is 0 Å². The highest BCUT2D eigenvalue weighted by molar-refractivity contribution is 6.65. The molecule has 1 aliphatic rings. The highest BCUT2D eigenvalue weighted by atomic mass is 16.7. The lowest BCUT2D eigenvalue weighted by molar-refractivity contribution is 0.00578. The van der Waals surface area contributed by atoms with E-state index in [-0.39, 0.29) is 0 Å². The monoisotopic (exact) mass is 614 g/mol. The molecule has 1 fully saturated rings. The molecule has 0 saturated carbocycles. The van der Waals surface area contributed by atoms with E-state index < -0.39 is 18.3 Å². The minimum absolute atomic E-state index is 0.473. The summed E-state index contributed by atoms with van der Waals surface area (Å²) in [5.41, 5.74) is 5.07. The van der Waals surface area contributed by atoms with Gasteiger partial charge in [0.1, 0.15) is 11.2 Å². The summed E-state index contributed by atoms with van der Waals surface area (Å²) in [6, 6.07) is 39.0. The van der Waals surface area contributed by atoms with Crippen LogP contribution in [-0.4, -0.2) is 37.8 Å². The Morgan fingerprint density at radius 2 is 1.09 bits per heavy atom. The van der Waals surface area contributed by atoms with E-state index in [1.807, 2.05) is 66.7 Å². The van der Waals surface area contributed by atoms with Gasteiger partial charge in [-0.05, 0) is 45.9 Å². The summed E-state index contributed by atoms with van der Waals surface area (Å²) in [6.45, 7) is 8.24. The molecule has 4 heterocycles. The number of fused-ring (bicyclic) bond motifs is 6. The minimum Gasteiger partial charge on any atom is -0.456 e. The van der Waals surface area contributed by atoms with E-state index in [4.69, 9.17) is 28.7 Å². The van der Waals surface area contributed by atoms with Crippen molar-refractivity contribution in [1.29, 1.82) is 0 Å². The largest absolute Gasteiger partial charge is 0.498 e. The van der Waals surface area contributed by atoms with Crippen LogP contribution in [0.2, 0.25) is 0 Å². The lowest BCUT2D eigenvalue weighted by atomic mass is 9.78.